The van der Waals surface area contributed by atoms with Crippen LogP contribution in [0.15, 0.2) is 67.4 Å². The van der Waals surface area contributed by atoms with Gasteiger partial charge in [-0.3, -0.25) is 4.57 Å². The van der Waals surface area contributed by atoms with Gasteiger partial charge < -0.3 is 20.3 Å². The van der Waals surface area contributed by atoms with E-state index in [1.165, 1.54) is 12.3 Å². The second kappa shape index (κ2) is 8.69. The van der Waals surface area contributed by atoms with Crippen LogP contribution >= 0.6 is 0 Å². The molecule has 0 radical (unpaired) electrons. The van der Waals surface area contributed by atoms with Crippen molar-refractivity contribution in [1.82, 2.24) is 29.0 Å². The average molecular weight is 458 g/mol. The first-order valence-electron chi connectivity index (χ1n) is 10.8. The molecule has 0 aliphatic heterocycles. The lowest BCUT2D eigenvalue weighted by Gasteiger charge is -2.14. The summed E-state index contributed by atoms with van der Waals surface area (Å²) in [4.78, 5) is 15.0. The molecule has 9 heteroatoms. The zero-order valence-electron chi connectivity index (χ0n) is 18.9. The number of rotatable bonds is 6. The molecule has 3 aromatic heterocycles. The van der Waals surface area contributed by atoms with Crippen LogP contribution in [0.2, 0.25) is 0 Å². The monoisotopic (exact) mass is 457 g/mol. The Morgan fingerprint density at radius 3 is 2.62 bits per heavy atom. The van der Waals surface area contributed by atoms with Crippen LogP contribution in [0.3, 0.4) is 0 Å². The van der Waals surface area contributed by atoms with Gasteiger partial charge in [-0.05, 0) is 50.0 Å². The van der Waals surface area contributed by atoms with Gasteiger partial charge in [-0.15, -0.1) is 0 Å². The SMILES string of the molecule is CN(C)Cc1nccn1-c1ccc(-c2ncc3ncn(-c4cccc(CN)c4)c3c2O)c(F)c1. The third-order valence-corrected chi connectivity index (χ3v) is 5.65. The first-order chi connectivity index (χ1) is 16.5. The van der Waals surface area contributed by atoms with Crippen molar-refractivity contribution in [3.63, 3.8) is 0 Å². The van der Waals surface area contributed by atoms with Crippen LogP contribution in [0.25, 0.3) is 33.7 Å². The zero-order valence-corrected chi connectivity index (χ0v) is 18.9. The van der Waals surface area contributed by atoms with Crippen LogP contribution < -0.4 is 5.73 Å². The van der Waals surface area contributed by atoms with Gasteiger partial charge >= 0.3 is 0 Å². The number of imidazole rings is 2. The van der Waals surface area contributed by atoms with Gasteiger partial charge in [-0.1, -0.05) is 12.1 Å². The highest BCUT2D eigenvalue weighted by Crippen LogP contribution is 2.36. The molecular weight excluding hydrogens is 433 g/mol. The molecule has 5 rings (SSSR count). The van der Waals surface area contributed by atoms with Crippen LogP contribution in [0.5, 0.6) is 5.75 Å². The van der Waals surface area contributed by atoms with E-state index in [-0.39, 0.29) is 17.0 Å². The summed E-state index contributed by atoms with van der Waals surface area (Å²) in [6.07, 6.45) is 6.62. The highest BCUT2D eigenvalue weighted by molar-refractivity contribution is 5.89. The second-order valence-corrected chi connectivity index (χ2v) is 8.29. The maximum absolute atomic E-state index is 15.3. The fourth-order valence-corrected chi connectivity index (χ4v) is 4.03. The maximum Gasteiger partial charge on any atom is 0.168 e. The highest BCUT2D eigenvalue weighted by atomic mass is 19.1. The maximum atomic E-state index is 15.3. The van der Waals surface area contributed by atoms with Gasteiger partial charge in [0.1, 0.15) is 34.7 Å². The van der Waals surface area contributed by atoms with Crippen LogP contribution in [-0.2, 0) is 13.1 Å². The number of aromatic nitrogens is 5. The zero-order chi connectivity index (χ0) is 23.8. The minimum absolute atomic E-state index is 0.143. The molecule has 8 nitrogen and oxygen atoms in total. The number of halogens is 1. The van der Waals surface area contributed by atoms with Gasteiger partial charge in [-0.2, -0.15) is 0 Å². The number of pyridine rings is 1. The Labute approximate surface area is 195 Å². The lowest BCUT2D eigenvalue weighted by Crippen LogP contribution is -2.14. The van der Waals surface area contributed by atoms with Gasteiger partial charge in [-0.25, -0.2) is 19.3 Å². The third-order valence-electron chi connectivity index (χ3n) is 5.65. The van der Waals surface area contributed by atoms with Crippen LogP contribution in [0.4, 0.5) is 4.39 Å². The standard InChI is InChI=1S/C25H24FN7O/c1-31(2)14-22-28-8-9-32(22)18-6-7-19(20(26)11-18)23-25(34)24-21(13-29-23)30-15-33(24)17-5-3-4-16(10-17)12-27/h3-11,13,15,34H,12,14,27H2,1-2H3. The molecule has 0 saturated heterocycles. The molecule has 0 fully saturated rings. The predicted octanol–water partition coefficient (Wildman–Crippen LogP) is 3.64. The number of hydrogen-bond donors (Lipinski definition) is 2. The van der Waals surface area contributed by atoms with E-state index >= 15 is 4.39 Å². The number of benzene rings is 2. The molecule has 34 heavy (non-hydrogen) atoms. The number of fused-ring (bicyclic) bond motifs is 1. The van der Waals surface area contributed by atoms with Crippen LogP contribution in [0, 0.1) is 5.82 Å². The van der Waals surface area contributed by atoms with Crippen molar-refractivity contribution in [2.45, 2.75) is 13.1 Å². The predicted molar refractivity (Wildman–Crippen MR) is 128 cm³/mol. The summed E-state index contributed by atoms with van der Waals surface area (Å²) in [5.41, 5.74) is 9.45. The molecule has 0 spiro atoms. The summed E-state index contributed by atoms with van der Waals surface area (Å²) >= 11 is 0. The Morgan fingerprint density at radius 2 is 1.85 bits per heavy atom. The van der Waals surface area contributed by atoms with Crippen molar-refractivity contribution in [2.24, 2.45) is 5.73 Å². The first kappa shape index (κ1) is 21.7. The van der Waals surface area contributed by atoms with Crippen molar-refractivity contribution in [3.8, 4) is 28.4 Å². The summed E-state index contributed by atoms with van der Waals surface area (Å²) in [6, 6.07) is 12.5. The molecule has 0 atom stereocenters. The van der Waals surface area contributed by atoms with Gasteiger partial charge in [0.25, 0.3) is 0 Å². The normalized spacial score (nSPS) is 11.6. The fraction of sp³-hybridized carbons (Fsp3) is 0.160. The van der Waals surface area contributed by atoms with E-state index in [9.17, 15) is 5.11 Å². The van der Waals surface area contributed by atoms with E-state index in [4.69, 9.17) is 5.73 Å². The van der Waals surface area contributed by atoms with Gasteiger partial charge in [0.15, 0.2) is 5.75 Å². The van der Waals surface area contributed by atoms with Crippen molar-refractivity contribution in [1.29, 1.82) is 0 Å². The van der Waals surface area contributed by atoms with E-state index < -0.39 is 5.82 Å². The molecule has 0 amide bonds. The molecule has 5 aromatic rings. The van der Waals surface area contributed by atoms with Crippen molar-refractivity contribution < 1.29 is 9.50 Å². The molecule has 0 aliphatic rings. The van der Waals surface area contributed by atoms with E-state index in [1.54, 1.807) is 35.4 Å². The lowest BCUT2D eigenvalue weighted by atomic mass is 10.1. The largest absolute Gasteiger partial charge is 0.504 e. The van der Waals surface area contributed by atoms with Crippen molar-refractivity contribution in [3.05, 3.63) is 84.6 Å². The summed E-state index contributed by atoms with van der Waals surface area (Å²) in [6.45, 7) is 1.01. The van der Waals surface area contributed by atoms with Gasteiger partial charge in [0.05, 0.1) is 12.7 Å². The minimum atomic E-state index is -0.500. The summed E-state index contributed by atoms with van der Waals surface area (Å²) < 4.78 is 18.9. The number of aromatic hydroxyl groups is 1. The number of hydrogen-bond acceptors (Lipinski definition) is 6. The van der Waals surface area contributed by atoms with E-state index in [2.05, 4.69) is 15.0 Å². The Morgan fingerprint density at radius 1 is 1.03 bits per heavy atom. The number of nitrogens with zero attached hydrogens (tertiary/aromatic N) is 6. The quantitative estimate of drug-likeness (QED) is 0.404. The molecule has 0 aliphatic carbocycles. The molecular formula is C25H24FN7O. The molecule has 0 unspecified atom stereocenters. The second-order valence-electron chi connectivity index (χ2n) is 8.29. The third kappa shape index (κ3) is 3.81. The van der Waals surface area contributed by atoms with E-state index in [0.717, 1.165) is 17.1 Å². The Bertz CT molecular complexity index is 1490. The molecule has 172 valence electrons. The van der Waals surface area contributed by atoms with Crippen molar-refractivity contribution >= 4 is 11.0 Å². The van der Waals surface area contributed by atoms with E-state index in [1.807, 2.05) is 47.8 Å². The lowest BCUT2D eigenvalue weighted by molar-refractivity contribution is 0.388. The molecule has 0 bridgehead atoms. The Kier molecular flexibility index (Phi) is 5.56. The molecule has 3 heterocycles. The van der Waals surface area contributed by atoms with Crippen LogP contribution in [0.1, 0.15) is 11.4 Å². The Balaban J connectivity index is 1.59. The molecule has 2 aromatic carbocycles. The topological polar surface area (TPSA) is 98.0 Å². The highest BCUT2D eigenvalue weighted by Gasteiger charge is 2.19. The van der Waals surface area contributed by atoms with Crippen LogP contribution in [-0.4, -0.2) is 48.2 Å². The summed E-state index contributed by atoms with van der Waals surface area (Å²) in [5.74, 6) is 0.152. The minimum Gasteiger partial charge on any atom is -0.504 e. The average Bonchev–Trinajstić information content (AvgIpc) is 3.47. The van der Waals surface area contributed by atoms with Gasteiger partial charge in [0.2, 0.25) is 0 Å². The smallest absolute Gasteiger partial charge is 0.168 e. The fourth-order valence-electron chi connectivity index (χ4n) is 4.03. The Hall–Kier alpha value is -4.08. The summed E-state index contributed by atoms with van der Waals surface area (Å²) in [5, 5.41) is 11.1. The summed E-state index contributed by atoms with van der Waals surface area (Å²) in [7, 11) is 3.90. The van der Waals surface area contributed by atoms with E-state index in [0.29, 0.717) is 29.8 Å². The van der Waals surface area contributed by atoms with Gasteiger partial charge in [0, 0.05) is 35.9 Å². The molecule has 0 saturated carbocycles. The first-order valence-corrected chi connectivity index (χ1v) is 10.8. The van der Waals surface area contributed by atoms with Crippen molar-refractivity contribution in [2.75, 3.05) is 14.1 Å². The number of nitrogens with two attached hydrogens (primary N) is 1. The molecule has 3 N–H and O–H groups in total.